The van der Waals surface area contributed by atoms with Gasteiger partial charge in [0.15, 0.2) is 0 Å². The summed E-state index contributed by atoms with van der Waals surface area (Å²) in [6.07, 6.45) is 3.61. The average Bonchev–Trinajstić information content (AvgIpc) is 3.03. The van der Waals surface area contributed by atoms with Crippen molar-refractivity contribution < 1.29 is 14.3 Å². The van der Waals surface area contributed by atoms with E-state index in [1.165, 1.54) is 0 Å². The number of carbonyl (C=O) groups excluding carboxylic acids is 2. The molecule has 2 heterocycles. The molecule has 1 fully saturated rings. The van der Waals surface area contributed by atoms with E-state index in [4.69, 9.17) is 4.74 Å². The van der Waals surface area contributed by atoms with Gasteiger partial charge < -0.3 is 15.0 Å². The summed E-state index contributed by atoms with van der Waals surface area (Å²) in [5, 5.41) is 2.89. The van der Waals surface area contributed by atoms with Crippen LogP contribution in [0, 0.1) is 5.92 Å². The first-order chi connectivity index (χ1) is 12.2. The molecule has 0 bridgehead atoms. The molecule has 0 unspecified atom stereocenters. The highest BCUT2D eigenvalue weighted by Crippen LogP contribution is 2.27. The van der Waals surface area contributed by atoms with Crippen molar-refractivity contribution in [1.29, 1.82) is 0 Å². The van der Waals surface area contributed by atoms with Gasteiger partial charge in [-0.25, -0.2) is 0 Å². The third-order valence-electron chi connectivity index (χ3n) is 4.17. The van der Waals surface area contributed by atoms with E-state index in [0.29, 0.717) is 19.7 Å². The lowest BCUT2D eigenvalue weighted by atomic mass is 10.1. The highest BCUT2D eigenvalue weighted by atomic mass is 16.5. The summed E-state index contributed by atoms with van der Waals surface area (Å²) in [6.45, 7) is 3.36. The molecule has 25 heavy (non-hydrogen) atoms. The van der Waals surface area contributed by atoms with Gasteiger partial charge in [-0.2, -0.15) is 0 Å². The Kier molecular flexibility index (Phi) is 5.28. The lowest BCUT2D eigenvalue weighted by molar-refractivity contribution is -0.126. The maximum absolute atomic E-state index is 12.4. The number of amides is 2. The third kappa shape index (κ3) is 4.15. The third-order valence-corrected chi connectivity index (χ3v) is 4.17. The van der Waals surface area contributed by atoms with E-state index in [0.717, 1.165) is 17.0 Å². The van der Waals surface area contributed by atoms with E-state index in [9.17, 15) is 9.59 Å². The number of hydrogen-bond donors (Lipinski definition) is 1. The fraction of sp³-hybridized carbons (Fsp3) is 0.316. The molecule has 1 aromatic heterocycles. The van der Waals surface area contributed by atoms with Crippen LogP contribution in [0.15, 0.2) is 48.8 Å². The van der Waals surface area contributed by atoms with Gasteiger partial charge in [0.2, 0.25) is 11.8 Å². The number of aromatic nitrogens is 1. The molecule has 0 radical (unpaired) electrons. The van der Waals surface area contributed by atoms with Gasteiger partial charge >= 0.3 is 0 Å². The standard InChI is InChI=1S/C19H21N3O3/c1-2-25-17-5-3-16(4-6-17)22-13-15(11-18(22)23)19(24)21-12-14-7-9-20-10-8-14/h3-10,15H,2,11-13H2,1H3,(H,21,24)/t15-/m0/s1. The molecule has 2 amide bonds. The lowest BCUT2D eigenvalue weighted by Gasteiger charge is -2.17. The molecule has 2 aromatic rings. The fourth-order valence-electron chi connectivity index (χ4n) is 2.86. The summed E-state index contributed by atoms with van der Waals surface area (Å²) in [7, 11) is 0. The predicted molar refractivity (Wildman–Crippen MR) is 94.2 cm³/mol. The molecule has 3 rings (SSSR count). The van der Waals surface area contributed by atoms with Gasteiger partial charge in [-0.15, -0.1) is 0 Å². The van der Waals surface area contributed by atoms with Crippen LogP contribution in [0.4, 0.5) is 5.69 Å². The van der Waals surface area contributed by atoms with Crippen molar-refractivity contribution in [1.82, 2.24) is 10.3 Å². The van der Waals surface area contributed by atoms with Gasteiger partial charge in [-0.05, 0) is 48.9 Å². The Morgan fingerprint density at radius 3 is 2.64 bits per heavy atom. The first-order valence-electron chi connectivity index (χ1n) is 8.37. The summed E-state index contributed by atoms with van der Waals surface area (Å²) in [5.74, 6) is 0.303. The zero-order valence-electron chi connectivity index (χ0n) is 14.1. The summed E-state index contributed by atoms with van der Waals surface area (Å²) in [6, 6.07) is 11.1. The van der Waals surface area contributed by atoms with Gasteiger partial charge in [0.1, 0.15) is 5.75 Å². The molecule has 1 saturated heterocycles. The van der Waals surface area contributed by atoms with Crippen molar-refractivity contribution in [2.45, 2.75) is 19.9 Å². The van der Waals surface area contributed by atoms with Crippen LogP contribution in [-0.2, 0) is 16.1 Å². The molecule has 1 aliphatic rings. The Hall–Kier alpha value is -2.89. The summed E-state index contributed by atoms with van der Waals surface area (Å²) in [4.78, 5) is 30.2. The minimum atomic E-state index is -0.332. The molecule has 1 aliphatic heterocycles. The van der Waals surface area contributed by atoms with Gasteiger partial charge in [-0.1, -0.05) is 0 Å². The van der Waals surface area contributed by atoms with Crippen molar-refractivity contribution in [3.63, 3.8) is 0 Å². The quantitative estimate of drug-likeness (QED) is 0.875. The van der Waals surface area contributed by atoms with E-state index in [1.807, 2.05) is 43.3 Å². The van der Waals surface area contributed by atoms with Crippen LogP contribution >= 0.6 is 0 Å². The Labute approximate surface area is 146 Å². The summed E-state index contributed by atoms with van der Waals surface area (Å²) in [5.41, 5.74) is 1.77. The van der Waals surface area contributed by atoms with Crippen LogP contribution in [0.3, 0.4) is 0 Å². The molecule has 0 aliphatic carbocycles. The highest BCUT2D eigenvalue weighted by molar-refractivity contribution is 6.00. The Morgan fingerprint density at radius 1 is 1.24 bits per heavy atom. The fourth-order valence-corrected chi connectivity index (χ4v) is 2.86. The topological polar surface area (TPSA) is 71.5 Å². The van der Waals surface area contributed by atoms with E-state index in [2.05, 4.69) is 10.3 Å². The second-order valence-electron chi connectivity index (χ2n) is 5.91. The average molecular weight is 339 g/mol. The Balaban J connectivity index is 1.58. The number of pyridine rings is 1. The smallest absolute Gasteiger partial charge is 0.227 e. The molecule has 0 spiro atoms. The number of rotatable bonds is 6. The van der Waals surface area contributed by atoms with Crippen LogP contribution in [0.2, 0.25) is 0 Å². The van der Waals surface area contributed by atoms with Crippen LogP contribution < -0.4 is 15.0 Å². The van der Waals surface area contributed by atoms with Gasteiger partial charge in [0.25, 0.3) is 0 Å². The van der Waals surface area contributed by atoms with Crippen LogP contribution in [-0.4, -0.2) is 29.9 Å². The molecule has 0 saturated carbocycles. The van der Waals surface area contributed by atoms with E-state index >= 15 is 0 Å². The summed E-state index contributed by atoms with van der Waals surface area (Å²) < 4.78 is 5.41. The second kappa shape index (κ2) is 7.79. The van der Waals surface area contributed by atoms with Gasteiger partial charge in [0, 0.05) is 37.6 Å². The normalized spacial score (nSPS) is 16.8. The van der Waals surface area contributed by atoms with Crippen molar-refractivity contribution in [2.75, 3.05) is 18.1 Å². The van der Waals surface area contributed by atoms with E-state index in [1.54, 1.807) is 17.3 Å². The molecule has 1 atom stereocenters. The number of carbonyl (C=O) groups is 2. The van der Waals surface area contributed by atoms with Crippen LogP contribution in [0.25, 0.3) is 0 Å². The highest BCUT2D eigenvalue weighted by Gasteiger charge is 2.34. The second-order valence-corrected chi connectivity index (χ2v) is 5.91. The van der Waals surface area contributed by atoms with Gasteiger partial charge in [-0.3, -0.25) is 14.6 Å². The molecular weight excluding hydrogens is 318 g/mol. The number of nitrogens with zero attached hydrogens (tertiary/aromatic N) is 2. The van der Waals surface area contributed by atoms with Gasteiger partial charge in [0.05, 0.1) is 12.5 Å². The largest absolute Gasteiger partial charge is 0.494 e. The van der Waals surface area contributed by atoms with Crippen molar-refractivity contribution in [2.24, 2.45) is 5.92 Å². The maximum Gasteiger partial charge on any atom is 0.227 e. The number of benzene rings is 1. The SMILES string of the molecule is CCOc1ccc(N2C[C@@H](C(=O)NCc3ccncc3)CC2=O)cc1. The lowest BCUT2D eigenvalue weighted by Crippen LogP contribution is -2.32. The molecule has 6 heteroatoms. The number of ether oxygens (including phenoxy) is 1. The molecule has 6 nitrogen and oxygen atoms in total. The minimum Gasteiger partial charge on any atom is -0.494 e. The molecular formula is C19H21N3O3. The minimum absolute atomic E-state index is 0.0341. The van der Waals surface area contributed by atoms with Crippen molar-refractivity contribution in [3.05, 3.63) is 54.4 Å². The Bertz CT molecular complexity index is 731. The Morgan fingerprint density at radius 2 is 1.96 bits per heavy atom. The number of hydrogen-bond acceptors (Lipinski definition) is 4. The maximum atomic E-state index is 12.4. The van der Waals surface area contributed by atoms with E-state index in [-0.39, 0.29) is 24.2 Å². The zero-order valence-corrected chi connectivity index (χ0v) is 14.1. The number of nitrogens with one attached hydrogen (secondary N) is 1. The predicted octanol–water partition coefficient (Wildman–Crippen LogP) is 2.15. The zero-order chi connectivity index (χ0) is 17.6. The number of anilines is 1. The van der Waals surface area contributed by atoms with Crippen LogP contribution in [0.5, 0.6) is 5.75 Å². The van der Waals surface area contributed by atoms with Crippen molar-refractivity contribution >= 4 is 17.5 Å². The first kappa shape index (κ1) is 17.0. The molecule has 130 valence electrons. The van der Waals surface area contributed by atoms with Crippen molar-refractivity contribution in [3.8, 4) is 5.75 Å². The monoisotopic (exact) mass is 339 g/mol. The van der Waals surface area contributed by atoms with Crippen LogP contribution in [0.1, 0.15) is 18.9 Å². The molecule has 1 N–H and O–H groups in total. The van der Waals surface area contributed by atoms with E-state index < -0.39 is 0 Å². The molecule has 1 aromatic carbocycles. The first-order valence-corrected chi connectivity index (χ1v) is 8.37. The summed E-state index contributed by atoms with van der Waals surface area (Å²) >= 11 is 0.